The van der Waals surface area contributed by atoms with Gasteiger partial charge in [-0.2, -0.15) is 5.10 Å². The molecular formula is C22H23N3O3. The number of anilines is 1. The molecule has 3 aromatic rings. The molecule has 3 rings (SSSR count). The number of benzene rings is 2. The third-order valence-electron chi connectivity index (χ3n) is 4.56. The molecule has 0 N–H and O–H groups in total. The fourth-order valence-corrected chi connectivity index (χ4v) is 3.04. The highest BCUT2D eigenvalue weighted by Gasteiger charge is 2.17. The number of carbonyl (C=O) groups is 1. The predicted octanol–water partition coefficient (Wildman–Crippen LogP) is 3.28. The van der Waals surface area contributed by atoms with Crippen LogP contribution in [-0.2, 0) is 11.3 Å². The van der Waals surface area contributed by atoms with Crippen LogP contribution in [0.5, 0.6) is 5.75 Å². The normalized spacial score (nSPS) is 10.5. The molecule has 144 valence electrons. The first kappa shape index (κ1) is 19.4. The average Bonchev–Trinajstić information content (AvgIpc) is 2.71. The van der Waals surface area contributed by atoms with Crippen LogP contribution in [0.15, 0.2) is 65.5 Å². The van der Waals surface area contributed by atoms with Crippen LogP contribution in [0.2, 0.25) is 0 Å². The summed E-state index contributed by atoms with van der Waals surface area (Å²) in [5.41, 5.74) is 2.99. The lowest BCUT2D eigenvalue weighted by Gasteiger charge is -2.23. The molecule has 0 aliphatic rings. The van der Waals surface area contributed by atoms with Gasteiger partial charge in [0.2, 0.25) is 5.91 Å². The molecule has 1 heterocycles. The Morgan fingerprint density at radius 2 is 1.79 bits per heavy atom. The van der Waals surface area contributed by atoms with Gasteiger partial charge in [-0.1, -0.05) is 18.2 Å². The third-order valence-corrected chi connectivity index (χ3v) is 4.56. The molecule has 0 atom stereocenters. The van der Waals surface area contributed by atoms with Crippen LogP contribution in [0.25, 0.3) is 11.3 Å². The van der Waals surface area contributed by atoms with E-state index in [1.165, 1.54) is 10.7 Å². The number of aryl methyl sites for hydroxylation is 1. The van der Waals surface area contributed by atoms with Crippen molar-refractivity contribution < 1.29 is 9.53 Å². The summed E-state index contributed by atoms with van der Waals surface area (Å²) >= 11 is 0. The summed E-state index contributed by atoms with van der Waals surface area (Å²) in [6.45, 7) is 4.26. The Labute approximate surface area is 164 Å². The number of aromatic nitrogens is 2. The summed E-state index contributed by atoms with van der Waals surface area (Å²) in [7, 11) is 1.60. The van der Waals surface area contributed by atoms with Gasteiger partial charge in [0, 0.05) is 23.9 Å². The van der Waals surface area contributed by atoms with Gasteiger partial charge in [-0.3, -0.25) is 9.59 Å². The molecule has 0 spiro atoms. The smallest absolute Gasteiger partial charge is 0.267 e. The van der Waals surface area contributed by atoms with Crippen molar-refractivity contribution in [1.29, 1.82) is 0 Å². The van der Waals surface area contributed by atoms with Crippen LogP contribution >= 0.6 is 0 Å². The van der Waals surface area contributed by atoms with Gasteiger partial charge in [-0.05, 0) is 55.8 Å². The van der Waals surface area contributed by atoms with Crippen LogP contribution < -0.4 is 15.2 Å². The summed E-state index contributed by atoms with van der Waals surface area (Å²) in [6, 6.07) is 18.2. The van der Waals surface area contributed by atoms with E-state index in [4.69, 9.17) is 4.74 Å². The van der Waals surface area contributed by atoms with E-state index >= 15 is 0 Å². The number of amides is 1. The summed E-state index contributed by atoms with van der Waals surface area (Å²) in [5, 5.41) is 4.39. The van der Waals surface area contributed by atoms with E-state index in [-0.39, 0.29) is 18.0 Å². The Balaban J connectivity index is 1.87. The van der Waals surface area contributed by atoms with E-state index in [9.17, 15) is 9.59 Å². The number of para-hydroxylation sites is 1. The van der Waals surface area contributed by atoms with Crippen LogP contribution in [-0.4, -0.2) is 29.3 Å². The minimum Gasteiger partial charge on any atom is -0.497 e. The van der Waals surface area contributed by atoms with Crippen molar-refractivity contribution in [3.05, 3.63) is 76.6 Å². The SMILES string of the molecule is CCN(C(=O)Cn1nc(-c2ccc(OC)cc2)ccc1=O)c1ccccc1C. The highest BCUT2D eigenvalue weighted by atomic mass is 16.5. The van der Waals surface area contributed by atoms with Crippen molar-refractivity contribution in [3.63, 3.8) is 0 Å². The lowest BCUT2D eigenvalue weighted by molar-refractivity contribution is -0.119. The quantitative estimate of drug-likeness (QED) is 0.661. The van der Waals surface area contributed by atoms with Gasteiger partial charge in [0.25, 0.3) is 5.56 Å². The number of hydrogen-bond donors (Lipinski definition) is 0. The van der Waals surface area contributed by atoms with Gasteiger partial charge in [-0.15, -0.1) is 0 Å². The van der Waals surface area contributed by atoms with Crippen LogP contribution in [0, 0.1) is 6.92 Å². The van der Waals surface area contributed by atoms with E-state index < -0.39 is 0 Å². The lowest BCUT2D eigenvalue weighted by atomic mass is 10.1. The summed E-state index contributed by atoms with van der Waals surface area (Å²) in [6.07, 6.45) is 0. The number of methoxy groups -OCH3 is 1. The topological polar surface area (TPSA) is 64.4 Å². The zero-order chi connectivity index (χ0) is 20.1. The standard InChI is InChI=1S/C22H23N3O3/c1-4-24(20-8-6-5-7-16(20)2)22(27)15-25-21(26)14-13-19(23-25)17-9-11-18(28-3)12-10-17/h5-14H,4,15H2,1-3H3. The van der Waals surface area contributed by atoms with Crippen molar-refractivity contribution in [2.45, 2.75) is 20.4 Å². The fourth-order valence-electron chi connectivity index (χ4n) is 3.04. The third kappa shape index (κ3) is 4.11. The second kappa shape index (κ2) is 8.52. The van der Waals surface area contributed by atoms with Gasteiger partial charge in [0.05, 0.1) is 12.8 Å². The van der Waals surface area contributed by atoms with E-state index in [1.807, 2.05) is 62.4 Å². The number of hydrogen-bond acceptors (Lipinski definition) is 4. The molecule has 1 amide bonds. The summed E-state index contributed by atoms with van der Waals surface area (Å²) in [5.74, 6) is 0.558. The van der Waals surface area contributed by atoms with Crippen molar-refractivity contribution >= 4 is 11.6 Å². The molecule has 0 saturated carbocycles. The Kier molecular flexibility index (Phi) is 5.89. The molecule has 0 radical (unpaired) electrons. The first-order valence-corrected chi connectivity index (χ1v) is 9.12. The maximum Gasteiger partial charge on any atom is 0.267 e. The molecule has 28 heavy (non-hydrogen) atoms. The largest absolute Gasteiger partial charge is 0.497 e. The number of nitrogens with zero attached hydrogens (tertiary/aromatic N) is 3. The monoisotopic (exact) mass is 377 g/mol. The summed E-state index contributed by atoms with van der Waals surface area (Å²) in [4.78, 5) is 26.8. The zero-order valence-corrected chi connectivity index (χ0v) is 16.3. The molecule has 0 saturated heterocycles. The molecule has 6 nitrogen and oxygen atoms in total. The Morgan fingerprint density at radius 1 is 1.07 bits per heavy atom. The molecule has 0 aliphatic heterocycles. The van der Waals surface area contributed by atoms with Crippen molar-refractivity contribution in [2.24, 2.45) is 0 Å². The van der Waals surface area contributed by atoms with Crippen LogP contribution in [0.3, 0.4) is 0 Å². The van der Waals surface area contributed by atoms with Gasteiger partial charge in [-0.25, -0.2) is 4.68 Å². The fraction of sp³-hybridized carbons (Fsp3) is 0.227. The molecule has 0 unspecified atom stereocenters. The second-order valence-corrected chi connectivity index (χ2v) is 6.37. The van der Waals surface area contributed by atoms with Gasteiger partial charge in [0.15, 0.2) is 0 Å². The molecule has 0 bridgehead atoms. The average molecular weight is 377 g/mol. The van der Waals surface area contributed by atoms with Gasteiger partial charge < -0.3 is 9.64 Å². The number of carbonyl (C=O) groups excluding carboxylic acids is 1. The maximum atomic E-state index is 12.9. The number of likely N-dealkylation sites (N-methyl/N-ethyl adjacent to an activating group) is 1. The van der Waals surface area contributed by atoms with Crippen LogP contribution in [0.4, 0.5) is 5.69 Å². The molecule has 0 aliphatic carbocycles. The lowest BCUT2D eigenvalue weighted by Crippen LogP contribution is -2.37. The summed E-state index contributed by atoms with van der Waals surface area (Å²) < 4.78 is 6.38. The number of ether oxygens (including phenoxy) is 1. The van der Waals surface area contributed by atoms with Gasteiger partial charge in [0.1, 0.15) is 12.3 Å². The van der Waals surface area contributed by atoms with Gasteiger partial charge >= 0.3 is 0 Å². The Hall–Kier alpha value is -3.41. The molecule has 2 aromatic carbocycles. The highest BCUT2D eigenvalue weighted by Crippen LogP contribution is 2.21. The first-order chi connectivity index (χ1) is 13.5. The van der Waals surface area contributed by atoms with E-state index in [1.54, 1.807) is 18.1 Å². The van der Waals surface area contributed by atoms with Crippen LogP contribution in [0.1, 0.15) is 12.5 Å². The Bertz CT molecular complexity index is 1030. The van der Waals surface area contributed by atoms with Crippen molar-refractivity contribution in [3.8, 4) is 17.0 Å². The molecule has 0 fully saturated rings. The van der Waals surface area contributed by atoms with Crippen molar-refractivity contribution in [1.82, 2.24) is 9.78 Å². The maximum absolute atomic E-state index is 12.9. The van der Waals surface area contributed by atoms with E-state index in [2.05, 4.69) is 5.10 Å². The minimum absolute atomic E-state index is 0.120. The second-order valence-electron chi connectivity index (χ2n) is 6.37. The molecule has 6 heteroatoms. The Morgan fingerprint density at radius 3 is 2.43 bits per heavy atom. The van der Waals surface area contributed by atoms with E-state index in [0.717, 1.165) is 22.6 Å². The first-order valence-electron chi connectivity index (χ1n) is 9.12. The van der Waals surface area contributed by atoms with Crippen molar-refractivity contribution in [2.75, 3.05) is 18.6 Å². The van der Waals surface area contributed by atoms with E-state index in [0.29, 0.717) is 12.2 Å². The minimum atomic E-state index is -0.313. The zero-order valence-electron chi connectivity index (χ0n) is 16.3. The molecular weight excluding hydrogens is 354 g/mol. The number of rotatable bonds is 6. The molecule has 1 aromatic heterocycles. The highest BCUT2D eigenvalue weighted by molar-refractivity contribution is 5.93. The predicted molar refractivity (Wildman–Crippen MR) is 110 cm³/mol.